The van der Waals surface area contributed by atoms with Crippen LogP contribution in [-0.4, -0.2) is 23.9 Å². The maximum Gasteiger partial charge on any atom is 0.119 e. The van der Waals surface area contributed by atoms with Crippen molar-refractivity contribution in [1.29, 1.82) is 0 Å². The van der Waals surface area contributed by atoms with Crippen molar-refractivity contribution in [2.24, 2.45) is 5.73 Å². The molecule has 0 bridgehead atoms. The van der Waals surface area contributed by atoms with Crippen LogP contribution in [0.1, 0.15) is 76.2 Å². The molecule has 0 aliphatic heterocycles. The van der Waals surface area contributed by atoms with E-state index >= 15 is 0 Å². The first kappa shape index (κ1) is 21.3. The highest BCUT2D eigenvalue weighted by atomic mass is 35.5. The lowest BCUT2D eigenvalue weighted by Crippen LogP contribution is -2.40. The molecule has 1 aromatic carbocycles. The van der Waals surface area contributed by atoms with Crippen LogP contribution in [0.2, 0.25) is 0 Å². The molecule has 3 nitrogen and oxygen atoms in total. The van der Waals surface area contributed by atoms with Crippen molar-refractivity contribution in [2.45, 2.75) is 76.2 Å². The van der Waals surface area contributed by atoms with Crippen molar-refractivity contribution >= 4 is 12.4 Å². The van der Waals surface area contributed by atoms with E-state index < -0.39 is 0 Å². The molecule has 0 saturated heterocycles. The summed E-state index contributed by atoms with van der Waals surface area (Å²) < 4.78 is 5.83. The number of ether oxygens (including phenoxy) is 1. The first-order chi connectivity index (χ1) is 11.2. The van der Waals surface area contributed by atoms with Crippen molar-refractivity contribution in [3.8, 4) is 5.75 Å². The van der Waals surface area contributed by atoms with E-state index in [1.165, 1.54) is 37.7 Å². The maximum atomic E-state index is 9.38. The summed E-state index contributed by atoms with van der Waals surface area (Å²) in [5, 5.41) is 9.38. The number of hydrogen-bond acceptors (Lipinski definition) is 3. The highest BCUT2D eigenvalue weighted by Gasteiger charge is 2.35. The molecule has 2 rings (SSSR count). The van der Waals surface area contributed by atoms with Gasteiger partial charge in [-0.1, -0.05) is 51.2 Å². The van der Waals surface area contributed by atoms with Crippen LogP contribution in [-0.2, 0) is 0 Å². The average Bonchev–Trinajstić information content (AvgIpc) is 2.98. The summed E-state index contributed by atoms with van der Waals surface area (Å²) in [5.74, 6) is 1.43. The molecule has 0 spiro atoms. The summed E-state index contributed by atoms with van der Waals surface area (Å²) >= 11 is 0. The van der Waals surface area contributed by atoms with Gasteiger partial charge in [0.25, 0.3) is 0 Å². The second kappa shape index (κ2) is 11.0. The minimum atomic E-state index is -0.377. The normalized spacial score (nSPS) is 23.0. The predicted octanol–water partition coefficient (Wildman–Crippen LogP) is 4.81. The van der Waals surface area contributed by atoms with E-state index in [2.05, 4.69) is 31.2 Å². The lowest BCUT2D eigenvalue weighted by atomic mass is 9.94. The van der Waals surface area contributed by atoms with Crippen LogP contribution in [0.5, 0.6) is 5.75 Å². The number of unbranched alkanes of at least 4 members (excludes halogenated alkanes) is 5. The van der Waals surface area contributed by atoms with Gasteiger partial charge < -0.3 is 15.6 Å². The number of rotatable bonds is 10. The fourth-order valence-corrected chi connectivity index (χ4v) is 3.49. The molecule has 138 valence electrons. The first-order valence-electron chi connectivity index (χ1n) is 9.29. The predicted molar refractivity (Wildman–Crippen MR) is 103 cm³/mol. The number of benzene rings is 1. The van der Waals surface area contributed by atoms with Gasteiger partial charge in [-0.2, -0.15) is 0 Å². The molecular formula is C20H34ClNO2. The molecule has 1 saturated carbocycles. The van der Waals surface area contributed by atoms with Gasteiger partial charge in [-0.05, 0) is 49.3 Å². The van der Waals surface area contributed by atoms with Gasteiger partial charge in [0.2, 0.25) is 0 Å². The summed E-state index contributed by atoms with van der Waals surface area (Å²) in [5.41, 5.74) is 7.11. The number of halogens is 1. The monoisotopic (exact) mass is 355 g/mol. The summed E-state index contributed by atoms with van der Waals surface area (Å²) in [6.07, 6.45) is 10.6. The summed E-state index contributed by atoms with van der Waals surface area (Å²) in [7, 11) is 0. The zero-order valence-electron chi connectivity index (χ0n) is 15.0. The van der Waals surface area contributed by atoms with Crippen LogP contribution in [0.3, 0.4) is 0 Å². The van der Waals surface area contributed by atoms with E-state index in [1.54, 1.807) is 0 Å². The third kappa shape index (κ3) is 6.62. The molecule has 1 unspecified atom stereocenters. The standard InChI is InChI=1S/C20H33NO2.ClH/c1-2-3-4-5-6-7-14-23-19-10-8-17(9-11-19)18-12-13-20(21,15-18)16-22;/h8-11,18,22H,2-7,12-16,21H2,1H3;1H/t18?,20-;/m1./s1. The maximum absolute atomic E-state index is 9.38. The van der Waals surface area contributed by atoms with E-state index in [9.17, 15) is 5.11 Å². The second-order valence-electron chi connectivity index (χ2n) is 7.15. The van der Waals surface area contributed by atoms with Crippen molar-refractivity contribution in [3.63, 3.8) is 0 Å². The Labute approximate surface area is 153 Å². The Bertz CT molecular complexity index is 451. The topological polar surface area (TPSA) is 55.5 Å². The Morgan fingerprint density at radius 2 is 1.79 bits per heavy atom. The van der Waals surface area contributed by atoms with Crippen LogP contribution < -0.4 is 10.5 Å². The molecular weight excluding hydrogens is 322 g/mol. The van der Waals surface area contributed by atoms with Gasteiger partial charge in [0.15, 0.2) is 0 Å². The Morgan fingerprint density at radius 3 is 2.42 bits per heavy atom. The summed E-state index contributed by atoms with van der Waals surface area (Å²) in [6.45, 7) is 3.14. The van der Waals surface area contributed by atoms with E-state index in [1.807, 2.05) is 0 Å². The van der Waals surface area contributed by atoms with Gasteiger partial charge in [0.05, 0.1) is 13.2 Å². The summed E-state index contributed by atoms with van der Waals surface area (Å²) in [6, 6.07) is 8.46. The van der Waals surface area contributed by atoms with Crippen molar-refractivity contribution in [1.82, 2.24) is 0 Å². The number of hydrogen-bond donors (Lipinski definition) is 2. The van der Waals surface area contributed by atoms with Crippen LogP contribution in [0, 0.1) is 0 Å². The minimum absolute atomic E-state index is 0. The van der Waals surface area contributed by atoms with E-state index in [4.69, 9.17) is 10.5 Å². The van der Waals surface area contributed by atoms with Gasteiger partial charge in [0.1, 0.15) is 5.75 Å². The number of nitrogens with two attached hydrogens (primary N) is 1. The molecule has 0 radical (unpaired) electrons. The highest BCUT2D eigenvalue weighted by molar-refractivity contribution is 5.85. The van der Waals surface area contributed by atoms with Crippen LogP contribution in [0.25, 0.3) is 0 Å². The lowest BCUT2D eigenvalue weighted by molar-refractivity contribution is 0.198. The molecule has 2 atom stereocenters. The Hall–Kier alpha value is -0.770. The average molecular weight is 356 g/mol. The molecule has 1 aliphatic carbocycles. The van der Waals surface area contributed by atoms with Crippen molar-refractivity contribution in [3.05, 3.63) is 29.8 Å². The smallest absolute Gasteiger partial charge is 0.119 e. The molecule has 4 heteroatoms. The van der Waals surface area contributed by atoms with Crippen molar-refractivity contribution in [2.75, 3.05) is 13.2 Å². The third-order valence-corrected chi connectivity index (χ3v) is 5.08. The van der Waals surface area contributed by atoms with Gasteiger partial charge >= 0.3 is 0 Å². The Balaban J connectivity index is 0.00000288. The van der Waals surface area contributed by atoms with Crippen LogP contribution in [0.4, 0.5) is 0 Å². The third-order valence-electron chi connectivity index (χ3n) is 5.08. The van der Waals surface area contributed by atoms with Gasteiger partial charge in [-0.15, -0.1) is 12.4 Å². The molecule has 24 heavy (non-hydrogen) atoms. The fourth-order valence-electron chi connectivity index (χ4n) is 3.49. The molecule has 0 amide bonds. The van der Waals surface area contributed by atoms with Crippen LogP contribution >= 0.6 is 12.4 Å². The second-order valence-corrected chi connectivity index (χ2v) is 7.15. The molecule has 1 fully saturated rings. The molecule has 3 N–H and O–H groups in total. The van der Waals surface area contributed by atoms with E-state index in [-0.39, 0.29) is 24.6 Å². The zero-order valence-corrected chi connectivity index (χ0v) is 15.8. The Morgan fingerprint density at radius 1 is 1.12 bits per heavy atom. The van der Waals surface area contributed by atoms with Crippen molar-refractivity contribution < 1.29 is 9.84 Å². The zero-order chi connectivity index (χ0) is 16.5. The SMILES string of the molecule is CCCCCCCCOc1ccc(C2CC[C@](N)(CO)C2)cc1.Cl. The molecule has 0 heterocycles. The quantitative estimate of drug-likeness (QED) is 0.592. The molecule has 1 aromatic rings. The largest absolute Gasteiger partial charge is 0.494 e. The van der Waals surface area contributed by atoms with Gasteiger partial charge in [0, 0.05) is 5.54 Å². The number of aliphatic hydroxyl groups excluding tert-OH is 1. The fraction of sp³-hybridized carbons (Fsp3) is 0.700. The first-order valence-corrected chi connectivity index (χ1v) is 9.29. The minimum Gasteiger partial charge on any atom is -0.494 e. The van der Waals surface area contributed by atoms with E-state index in [0.717, 1.165) is 38.0 Å². The Kier molecular flexibility index (Phi) is 9.72. The van der Waals surface area contributed by atoms with Gasteiger partial charge in [-0.3, -0.25) is 0 Å². The number of aliphatic hydroxyl groups is 1. The highest BCUT2D eigenvalue weighted by Crippen LogP contribution is 2.39. The summed E-state index contributed by atoms with van der Waals surface area (Å²) in [4.78, 5) is 0. The molecule has 1 aliphatic rings. The van der Waals surface area contributed by atoms with Gasteiger partial charge in [-0.25, -0.2) is 0 Å². The molecule has 0 aromatic heterocycles. The van der Waals surface area contributed by atoms with Crippen LogP contribution in [0.15, 0.2) is 24.3 Å². The van der Waals surface area contributed by atoms with E-state index in [0.29, 0.717) is 5.92 Å². The lowest BCUT2D eigenvalue weighted by Gasteiger charge is -2.21.